The van der Waals surface area contributed by atoms with Crippen LogP contribution in [0.4, 0.5) is 0 Å². The van der Waals surface area contributed by atoms with Crippen LogP contribution in [-0.2, 0) is 30.9 Å². The second-order valence-corrected chi connectivity index (χ2v) is 1.61. The summed E-state index contributed by atoms with van der Waals surface area (Å²) in [5.74, 6) is -3.19. The van der Waals surface area contributed by atoms with Crippen LogP contribution in [0.25, 0.3) is 0 Å². The van der Waals surface area contributed by atoms with Gasteiger partial charge < -0.3 is 20.1 Å². The van der Waals surface area contributed by atoms with Gasteiger partial charge in [-0.1, -0.05) is 19.7 Å². The van der Waals surface area contributed by atoms with Gasteiger partial charge in [-0.15, -0.1) is 0 Å². The second kappa shape index (κ2) is 24.4. The minimum absolute atomic E-state index is 0. The molecule has 0 aromatic carbocycles. The summed E-state index contributed by atoms with van der Waals surface area (Å²) in [5.41, 5.74) is 0. The maximum Gasteiger partial charge on any atom is 1.00 e. The summed E-state index contributed by atoms with van der Waals surface area (Å²) in [5, 5.41) is 24.3. The summed E-state index contributed by atoms with van der Waals surface area (Å²) in [6.07, 6.45) is 2.39. The predicted molar refractivity (Wildman–Crippen MR) is 50.9 cm³/mol. The van der Waals surface area contributed by atoms with Gasteiger partial charge in [-0.05, 0) is 6.08 Å². The number of carboxylic acid groups (broad SMARTS) is 3. The van der Waals surface area contributed by atoms with Crippen LogP contribution < -0.4 is 34.7 Å². The van der Waals surface area contributed by atoms with Crippen molar-refractivity contribution >= 4 is 17.9 Å². The minimum Gasteiger partial charge on any atom is -0.545 e. The van der Waals surface area contributed by atoms with Crippen molar-refractivity contribution < 1.29 is 75.8 Å². The Morgan fingerprint density at radius 1 is 0.882 bits per heavy atom. The third-order valence-electron chi connectivity index (χ3n) is 0.516. The Balaban J connectivity index is -0.0000000400. The standard InChI is InChI=1S/3C3H4O2.Na.Ni/c3*1-2-3(4)5;;/h3*2H,1H2,(H,4,5);;/q;;;+1;/p-1. The van der Waals surface area contributed by atoms with Crippen LogP contribution in [0.3, 0.4) is 0 Å². The van der Waals surface area contributed by atoms with E-state index in [1.165, 1.54) is 0 Å². The third kappa shape index (κ3) is 99.2. The van der Waals surface area contributed by atoms with Crippen LogP contribution in [0.1, 0.15) is 0 Å². The zero-order valence-electron chi connectivity index (χ0n) is 9.20. The van der Waals surface area contributed by atoms with Crippen LogP contribution in [0, 0.1) is 0 Å². The van der Waals surface area contributed by atoms with Gasteiger partial charge in [-0.25, -0.2) is 9.59 Å². The molecule has 0 radical (unpaired) electrons. The molecule has 17 heavy (non-hydrogen) atoms. The maximum atomic E-state index is 9.25. The monoisotopic (exact) mass is 296 g/mol. The van der Waals surface area contributed by atoms with Gasteiger partial charge in [0.05, 0.1) is 5.97 Å². The van der Waals surface area contributed by atoms with Crippen LogP contribution in [0.5, 0.6) is 0 Å². The molecule has 0 heterocycles. The molecule has 0 aromatic rings. The van der Waals surface area contributed by atoms with Crippen molar-refractivity contribution in [3.8, 4) is 0 Å². The molecule has 0 aromatic heterocycles. The first kappa shape index (κ1) is 29.8. The average molecular weight is 297 g/mol. The Morgan fingerprint density at radius 2 is 1.00 bits per heavy atom. The number of carboxylic acids is 3. The Hall–Kier alpha value is -0.876. The van der Waals surface area contributed by atoms with Gasteiger partial charge in [-0.2, -0.15) is 0 Å². The van der Waals surface area contributed by atoms with Crippen molar-refractivity contribution in [3.05, 3.63) is 38.0 Å². The summed E-state index contributed by atoms with van der Waals surface area (Å²) < 4.78 is 0. The van der Waals surface area contributed by atoms with E-state index in [0.717, 1.165) is 18.2 Å². The number of rotatable bonds is 3. The van der Waals surface area contributed by atoms with Crippen molar-refractivity contribution in [3.63, 3.8) is 0 Å². The van der Waals surface area contributed by atoms with E-state index in [2.05, 4.69) is 19.7 Å². The van der Waals surface area contributed by atoms with E-state index in [0.29, 0.717) is 0 Å². The van der Waals surface area contributed by atoms with Gasteiger partial charge in [0.1, 0.15) is 0 Å². The van der Waals surface area contributed by atoms with Crippen molar-refractivity contribution in [2.45, 2.75) is 0 Å². The van der Waals surface area contributed by atoms with Crippen molar-refractivity contribution in [2.24, 2.45) is 0 Å². The predicted octanol–water partition coefficient (Wildman–Crippen LogP) is -3.56. The molecule has 0 fully saturated rings. The molecule has 0 unspecified atom stereocenters. The van der Waals surface area contributed by atoms with Crippen LogP contribution in [0.15, 0.2) is 38.0 Å². The van der Waals surface area contributed by atoms with Gasteiger partial charge in [0.2, 0.25) is 0 Å². The molecule has 94 valence electrons. The third-order valence-corrected chi connectivity index (χ3v) is 0.516. The van der Waals surface area contributed by atoms with Gasteiger partial charge in [0, 0.05) is 28.6 Å². The van der Waals surface area contributed by atoms with E-state index in [1.54, 1.807) is 0 Å². The molecule has 6 nitrogen and oxygen atoms in total. The number of carbonyl (C=O) groups is 3. The summed E-state index contributed by atoms with van der Waals surface area (Å²) in [7, 11) is 0. The quantitative estimate of drug-likeness (QED) is 0.411. The van der Waals surface area contributed by atoms with Crippen LogP contribution in [-0.4, -0.2) is 28.1 Å². The molecule has 0 rings (SSSR count). The number of aliphatic carboxylic acids is 3. The molecule has 8 heteroatoms. The SMILES string of the molecule is C=CC(=O)O.C=CC(=O)O.C=CC(=O)[O-].[Na+].[Ni]. The summed E-state index contributed by atoms with van der Waals surface area (Å²) in [6.45, 7) is 8.82. The number of carbonyl (C=O) groups excluding carboxylic acids is 1. The Labute approximate surface area is 131 Å². The molecule has 0 aliphatic heterocycles. The first-order chi connectivity index (χ1) is 6.81. The Morgan fingerprint density at radius 3 is 1.00 bits per heavy atom. The molecule has 0 spiro atoms. The number of hydrogen-bond acceptors (Lipinski definition) is 4. The fourth-order valence-corrected chi connectivity index (χ4v) is 0. The maximum absolute atomic E-state index is 9.25. The van der Waals surface area contributed by atoms with Crippen molar-refractivity contribution in [1.82, 2.24) is 0 Å². The molecule has 0 aliphatic rings. The molecular formula is C9H11NaNiO6. The van der Waals surface area contributed by atoms with Crippen LogP contribution >= 0.6 is 0 Å². The summed E-state index contributed by atoms with van der Waals surface area (Å²) in [4.78, 5) is 27.6. The molecule has 0 saturated carbocycles. The van der Waals surface area contributed by atoms with E-state index in [-0.39, 0.29) is 46.0 Å². The molecule has 0 saturated heterocycles. The minimum atomic E-state index is -1.23. The van der Waals surface area contributed by atoms with E-state index < -0.39 is 17.9 Å². The van der Waals surface area contributed by atoms with E-state index >= 15 is 0 Å². The average Bonchev–Trinajstić information content (AvgIpc) is 2.19. The van der Waals surface area contributed by atoms with Gasteiger partial charge in [-0.3, -0.25) is 0 Å². The summed E-state index contributed by atoms with van der Waals surface area (Å²) in [6, 6.07) is 0. The number of hydrogen-bond donors (Lipinski definition) is 2. The van der Waals surface area contributed by atoms with Gasteiger partial charge >= 0.3 is 41.5 Å². The van der Waals surface area contributed by atoms with Crippen molar-refractivity contribution in [1.29, 1.82) is 0 Å². The van der Waals surface area contributed by atoms with E-state index in [9.17, 15) is 9.59 Å². The zero-order valence-corrected chi connectivity index (χ0v) is 12.2. The van der Waals surface area contributed by atoms with Crippen molar-refractivity contribution in [2.75, 3.05) is 0 Å². The zero-order chi connectivity index (χ0) is 12.9. The van der Waals surface area contributed by atoms with E-state index in [4.69, 9.17) is 20.1 Å². The Bertz CT molecular complexity index is 221. The van der Waals surface area contributed by atoms with Crippen LogP contribution in [0.2, 0.25) is 0 Å². The molecule has 0 aliphatic carbocycles. The first-order valence-corrected chi connectivity index (χ1v) is 3.35. The fourth-order valence-electron chi connectivity index (χ4n) is 0. The molecule has 0 amide bonds. The van der Waals surface area contributed by atoms with Gasteiger partial charge in [0.25, 0.3) is 0 Å². The smallest absolute Gasteiger partial charge is 0.545 e. The molecule has 0 bridgehead atoms. The Kier molecular flexibility index (Phi) is 42.7. The van der Waals surface area contributed by atoms with E-state index in [1.807, 2.05) is 0 Å². The fraction of sp³-hybridized carbons (Fsp3) is 0. The van der Waals surface area contributed by atoms with Gasteiger partial charge in [0.15, 0.2) is 0 Å². The summed E-state index contributed by atoms with van der Waals surface area (Å²) >= 11 is 0. The second-order valence-electron chi connectivity index (χ2n) is 1.61. The topological polar surface area (TPSA) is 115 Å². The molecular weight excluding hydrogens is 286 g/mol. The molecule has 2 N–H and O–H groups in total. The molecule has 0 atom stereocenters. The normalized spacial score (nSPS) is 5.65. The largest absolute Gasteiger partial charge is 1.00 e. The first-order valence-electron chi connectivity index (χ1n) is 3.35.